The Hall–Kier alpha value is -2.70. The summed E-state index contributed by atoms with van der Waals surface area (Å²) in [5.74, 6) is -1.68. The molecule has 1 rings (SSSR count). The van der Waals surface area contributed by atoms with Crippen LogP contribution in [0.25, 0.3) is 0 Å². The SMILES string of the molecule is CCCCC/C=C\C/C=C\C/C=C\C/C=C\CCCC(=O)OC[C@H](COP(=O)([O-])OCC[N+](C)(C)C)OC(=O)CCCCCC[C@H]1[C@@H](O)CC(=O)[C@@H]1/C=C/[C@@H](O)CCCCC. The summed E-state index contributed by atoms with van der Waals surface area (Å²) in [6, 6.07) is 0. The van der Waals surface area contributed by atoms with Crippen molar-refractivity contribution in [2.45, 2.75) is 167 Å². The molecule has 0 saturated heterocycles. The van der Waals surface area contributed by atoms with Gasteiger partial charge in [-0.2, -0.15) is 0 Å². The average Bonchev–Trinajstić information content (AvgIpc) is 3.47. The molecule has 1 saturated carbocycles. The monoisotopic (exact) mass is 880 g/mol. The second kappa shape index (κ2) is 34.7. The summed E-state index contributed by atoms with van der Waals surface area (Å²) in [4.78, 5) is 50.3. The van der Waals surface area contributed by atoms with Gasteiger partial charge in [0.05, 0.1) is 40.0 Å². The highest BCUT2D eigenvalue weighted by Crippen LogP contribution is 2.38. The second-order valence-corrected chi connectivity index (χ2v) is 18.6. The first-order valence-corrected chi connectivity index (χ1v) is 24.6. The number of ether oxygens (including phenoxy) is 2. The van der Waals surface area contributed by atoms with E-state index in [1.807, 2.05) is 27.2 Å². The molecule has 6 atom stereocenters. The number of phosphoric ester groups is 1. The van der Waals surface area contributed by atoms with E-state index in [9.17, 15) is 34.1 Å². The molecule has 0 bridgehead atoms. The van der Waals surface area contributed by atoms with Gasteiger partial charge in [0.1, 0.15) is 25.5 Å². The molecule has 0 aliphatic heterocycles. The van der Waals surface area contributed by atoms with Gasteiger partial charge in [0, 0.05) is 25.2 Å². The normalized spacial score (nSPS) is 19.5. The number of esters is 2. The number of likely N-dealkylation sites (N-methyl/N-ethyl adjacent to an activating group) is 1. The number of nitrogens with zero attached hydrogens (tertiary/aromatic N) is 1. The van der Waals surface area contributed by atoms with E-state index in [1.54, 1.807) is 12.2 Å². The highest BCUT2D eigenvalue weighted by molar-refractivity contribution is 7.45. The maximum absolute atomic E-state index is 12.8. The van der Waals surface area contributed by atoms with Gasteiger partial charge in [0.2, 0.25) is 0 Å². The van der Waals surface area contributed by atoms with E-state index in [2.05, 4.69) is 56.4 Å². The van der Waals surface area contributed by atoms with Crippen molar-refractivity contribution in [2.24, 2.45) is 11.8 Å². The van der Waals surface area contributed by atoms with E-state index in [0.29, 0.717) is 49.6 Å². The van der Waals surface area contributed by atoms with Gasteiger partial charge in [0.15, 0.2) is 6.10 Å². The Kier molecular flexibility index (Phi) is 32.1. The zero-order valence-corrected chi connectivity index (χ0v) is 39.2. The van der Waals surface area contributed by atoms with E-state index in [-0.39, 0.29) is 44.2 Å². The van der Waals surface area contributed by atoms with Crippen molar-refractivity contribution in [3.63, 3.8) is 0 Å². The quantitative estimate of drug-likeness (QED) is 0.0201. The minimum Gasteiger partial charge on any atom is -0.756 e. The molecule has 1 fully saturated rings. The van der Waals surface area contributed by atoms with E-state index >= 15 is 0 Å². The lowest BCUT2D eigenvalue weighted by Gasteiger charge is -2.28. The van der Waals surface area contributed by atoms with Crippen LogP contribution < -0.4 is 4.89 Å². The van der Waals surface area contributed by atoms with Gasteiger partial charge in [-0.05, 0) is 70.1 Å². The van der Waals surface area contributed by atoms with Crippen molar-refractivity contribution >= 4 is 25.5 Å². The number of hydrogen-bond acceptors (Lipinski definition) is 11. The first-order chi connectivity index (χ1) is 29.2. The molecule has 0 aromatic heterocycles. The molecule has 0 spiro atoms. The standard InChI is InChI=1S/C48H82NO11P/c1-6-8-10-11-12-13-14-15-16-17-18-19-20-21-22-23-28-32-47(53)57-39-42(40-59-61(55,56)58-37-36-49(3,4)5)60-48(54)33-29-25-24-27-31-43-44(46(52)38-45(43)51)35-34-41(50)30-26-9-7-2/h12-13,15-16,18-19,21-22,34-35,41-45,50-51H,6-11,14,17,20,23-33,36-40H2,1-5H3/b13-12-,16-15-,19-18-,22-21-,35-34+/t41-,42+,43+,44+,45-/m0/s1. The molecule has 2 N–H and O–H groups in total. The minimum absolute atomic E-state index is 0.00653. The summed E-state index contributed by atoms with van der Waals surface area (Å²) < 4.78 is 33.8. The van der Waals surface area contributed by atoms with Crippen molar-refractivity contribution in [1.82, 2.24) is 0 Å². The number of Topliss-reactive ketones (excluding diaryl/α,β-unsaturated/α-hetero) is 1. The van der Waals surface area contributed by atoms with Crippen molar-refractivity contribution in [3.05, 3.63) is 60.8 Å². The average molecular weight is 880 g/mol. The van der Waals surface area contributed by atoms with Crippen LogP contribution in [0.3, 0.4) is 0 Å². The van der Waals surface area contributed by atoms with Crippen LogP contribution in [0.15, 0.2) is 60.8 Å². The zero-order chi connectivity index (χ0) is 45.2. The van der Waals surface area contributed by atoms with Crippen molar-refractivity contribution in [1.29, 1.82) is 0 Å². The lowest BCUT2D eigenvalue weighted by molar-refractivity contribution is -0.870. The fourth-order valence-corrected chi connectivity index (χ4v) is 7.46. The van der Waals surface area contributed by atoms with Gasteiger partial charge in [-0.15, -0.1) is 0 Å². The summed E-state index contributed by atoms with van der Waals surface area (Å²) >= 11 is 0. The Labute approximate surface area is 368 Å². The number of allylic oxidation sites excluding steroid dienone is 9. The summed E-state index contributed by atoms with van der Waals surface area (Å²) in [6.07, 6.45) is 34.4. The largest absolute Gasteiger partial charge is 0.756 e. The fourth-order valence-electron chi connectivity index (χ4n) is 6.73. The van der Waals surface area contributed by atoms with Gasteiger partial charge in [0.25, 0.3) is 7.82 Å². The Morgan fingerprint density at radius 3 is 2.02 bits per heavy atom. The molecule has 0 aromatic carbocycles. The third kappa shape index (κ3) is 31.7. The van der Waals surface area contributed by atoms with Crippen LogP contribution >= 0.6 is 7.82 Å². The van der Waals surface area contributed by atoms with E-state index in [0.717, 1.165) is 57.8 Å². The molecule has 1 unspecified atom stereocenters. The molecule has 350 valence electrons. The fraction of sp³-hybridized carbons (Fsp3) is 0.729. The van der Waals surface area contributed by atoms with Gasteiger partial charge in [-0.1, -0.05) is 126 Å². The highest BCUT2D eigenvalue weighted by atomic mass is 31.2. The summed E-state index contributed by atoms with van der Waals surface area (Å²) in [6.45, 7) is 3.74. The Balaban J connectivity index is 2.51. The van der Waals surface area contributed by atoms with E-state index in [1.165, 1.54) is 19.3 Å². The number of aliphatic hydroxyl groups is 2. The van der Waals surface area contributed by atoms with Crippen LogP contribution in [-0.2, 0) is 37.5 Å². The number of phosphoric acid groups is 1. The molecular formula is C48H82NO11P. The van der Waals surface area contributed by atoms with Crippen LogP contribution in [0.5, 0.6) is 0 Å². The predicted octanol–water partition coefficient (Wildman–Crippen LogP) is 9.20. The third-order valence-corrected chi connectivity index (χ3v) is 11.4. The number of quaternary nitrogens is 1. The molecule has 61 heavy (non-hydrogen) atoms. The number of ketones is 1. The smallest absolute Gasteiger partial charge is 0.306 e. The predicted molar refractivity (Wildman–Crippen MR) is 241 cm³/mol. The van der Waals surface area contributed by atoms with E-state index in [4.69, 9.17) is 18.5 Å². The zero-order valence-electron chi connectivity index (χ0n) is 38.3. The second-order valence-electron chi connectivity index (χ2n) is 17.2. The number of aliphatic hydroxyl groups excluding tert-OH is 2. The summed E-state index contributed by atoms with van der Waals surface area (Å²) in [5, 5.41) is 20.8. The number of carbonyl (C=O) groups is 3. The van der Waals surface area contributed by atoms with Gasteiger partial charge in [-0.25, -0.2) is 0 Å². The lowest BCUT2D eigenvalue weighted by atomic mass is 9.88. The molecule has 0 radical (unpaired) electrons. The van der Waals surface area contributed by atoms with Gasteiger partial charge < -0.3 is 38.1 Å². The first kappa shape index (κ1) is 56.3. The van der Waals surface area contributed by atoms with Gasteiger partial charge >= 0.3 is 11.9 Å². The molecule has 1 aliphatic carbocycles. The molecule has 0 amide bonds. The number of unbranched alkanes of at least 4 members (excludes halogenated alkanes) is 9. The first-order valence-electron chi connectivity index (χ1n) is 23.1. The Morgan fingerprint density at radius 1 is 0.787 bits per heavy atom. The minimum atomic E-state index is -4.71. The number of hydrogen-bond donors (Lipinski definition) is 2. The van der Waals surface area contributed by atoms with Crippen LogP contribution in [0.4, 0.5) is 0 Å². The summed E-state index contributed by atoms with van der Waals surface area (Å²) in [5.41, 5.74) is 0. The van der Waals surface area contributed by atoms with Crippen LogP contribution in [0, 0.1) is 11.8 Å². The summed E-state index contributed by atoms with van der Waals surface area (Å²) in [7, 11) is 0.982. The lowest BCUT2D eigenvalue weighted by Crippen LogP contribution is -2.37. The van der Waals surface area contributed by atoms with E-state index < -0.39 is 50.6 Å². The third-order valence-electron chi connectivity index (χ3n) is 10.4. The van der Waals surface area contributed by atoms with Gasteiger partial charge in [-0.3, -0.25) is 18.9 Å². The number of carbonyl (C=O) groups excluding carboxylic acids is 3. The van der Waals surface area contributed by atoms with Crippen LogP contribution in [0.2, 0.25) is 0 Å². The molecule has 0 aromatic rings. The molecule has 1 aliphatic rings. The van der Waals surface area contributed by atoms with Crippen molar-refractivity contribution in [2.75, 3.05) is 47.5 Å². The van der Waals surface area contributed by atoms with Crippen LogP contribution in [0.1, 0.15) is 149 Å². The highest BCUT2D eigenvalue weighted by Gasteiger charge is 2.39. The molecular weight excluding hydrogens is 797 g/mol. The van der Waals surface area contributed by atoms with Crippen molar-refractivity contribution < 1.29 is 57.1 Å². The maximum atomic E-state index is 12.8. The molecule has 0 heterocycles. The maximum Gasteiger partial charge on any atom is 0.306 e. The Morgan fingerprint density at radius 2 is 1.38 bits per heavy atom. The topological polar surface area (TPSA) is 169 Å². The van der Waals surface area contributed by atoms with Crippen LogP contribution in [-0.4, -0.2) is 98.2 Å². The van der Waals surface area contributed by atoms with Crippen molar-refractivity contribution in [3.8, 4) is 0 Å². The number of rotatable bonds is 37. The Bertz CT molecular complexity index is 1390. The molecule has 13 heteroatoms. The molecule has 12 nitrogen and oxygen atoms in total.